The van der Waals surface area contributed by atoms with Crippen LogP contribution in [0.3, 0.4) is 0 Å². The molecule has 1 unspecified atom stereocenters. The topological polar surface area (TPSA) is 148 Å². The molecule has 23 heavy (non-hydrogen) atoms. The number of aliphatic hydroxyl groups is 2. The molecule has 2 aromatic rings. The third kappa shape index (κ3) is 2.20. The number of rotatable bonds is 1. The van der Waals surface area contributed by atoms with Gasteiger partial charge >= 0.3 is 0 Å². The molecule has 8 heteroatoms. The van der Waals surface area contributed by atoms with Gasteiger partial charge in [0.05, 0.1) is 5.56 Å². The lowest BCUT2D eigenvalue weighted by Gasteiger charge is -2.35. The van der Waals surface area contributed by atoms with E-state index in [1.54, 1.807) is 0 Å². The molecule has 120 valence electrons. The van der Waals surface area contributed by atoms with Crippen molar-refractivity contribution < 1.29 is 40.2 Å². The molecule has 0 fully saturated rings. The number of benzene rings is 2. The van der Waals surface area contributed by atoms with Crippen molar-refractivity contribution in [3.63, 3.8) is 0 Å². The van der Waals surface area contributed by atoms with Crippen molar-refractivity contribution in [3.05, 3.63) is 41.5 Å². The standard InChI is InChI=1S/C15H12O8/c16-7-1-6(2-8(17)3-7)15(22)14(21)13(20)12-10(19)4-9(18)5-11(12)23-15/h1-5,13,16-20,22H/t13?,15-/m1/s1. The Labute approximate surface area is 129 Å². The second-order valence-electron chi connectivity index (χ2n) is 5.13. The summed E-state index contributed by atoms with van der Waals surface area (Å²) in [5.41, 5.74) is -0.630. The van der Waals surface area contributed by atoms with Crippen LogP contribution in [0.2, 0.25) is 0 Å². The molecule has 0 bridgehead atoms. The van der Waals surface area contributed by atoms with E-state index < -0.39 is 40.7 Å². The molecule has 2 atom stereocenters. The van der Waals surface area contributed by atoms with Crippen LogP contribution < -0.4 is 4.74 Å². The van der Waals surface area contributed by atoms with Gasteiger partial charge in [0.15, 0.2) is 6.10 Å². The first kappa shape index (κ1) is 14.9. The van der Waals surface area contributed by atoms with E-state index in [2.05, 4.69) is 0 Å². The zero-order valence-corrected chi connectivity index (χ0v) is 11.5. The third-order valence-corrected chi connectivity index (χ3v) is 3.51. The van der Waals surface area contributed by atoms with Crippen molar-refractivity contribution in [1.82, 2.24) is 0 Å². The molecule has 0 saturated heterocycles. The number of ketones is 1. The maximum Gasteiger partial charge on any atom is 0.298 e. The normalized spacial score (nSPS) is 23.2. The van der Waals surface area contributed by atoms with E-state index in [1.165, 1.54) is 0 Å². The second-order valence-corrected chi connectivity index (χ2v) is 5.13. The van der Waals surface area contributed by atoms with Gasteiger partial charge in [0.25, 0.3) is 5.79 Å². The Balaban J connectivity index is 2.19. The Morgan fingerprint density at radius 3 is 2.09 bits per heavy atom. The minimum atomic E-state index is -2.72. The highest BCUT2D eigenvalue weighted by Crippen LogP contribution is 2.47. The van der Waals surface area contributed by atoms with Gasteiger partial charge in [-0.2, -0.15) is 0 Å². The fourth-order valence-electron chi connectivity index (χ4n) is 2.47. The summed E-state index contributed by atoms with van der Waals surface area (Å²) in [5, 5.41) is 58.8. The summed E-state index contributed by atoms with van der Waals surface area (Å²) < 4.78 is 5.16. The predicted octanol–water partition coefficient (Wildman–Crippen LogP) is 0.349. The molecule has 0 spiro atoms. The van der Waals surface area contributed by atoms with Gasteiger partial charge in [-0.1, -0.05) is 0 Å². The van der Waals surface area contributed by atoms with Crippen molar-refractivity contribution in [2.45, 2.75) is 11.9 Å². The lowest BCUT2D eigenvalue weighted by molar-refractivity contribution is -0.191. The molecule has 0 aromatic heterocycles. The Hall–Kier alpha value is -2.97. The molecule has 1 aliphatic rings. The smallest absolute Gasteiger partial charge is 0.298 e. The molecule has 3 rings (SSSR count). The van der Waals surface area contributed by atoms with Crippen molar-refractivity contribution in [2.24, 2.45) is 0 Å². The van der Waals surface area contributed by atoms with E-state index >= 15 is 0 Å². The van der Waals surface area contributed by atoms with Gasteiger partial charge in [-0.3, -0.25) is 4.79 Å². The molecule has 0 amide bonds. The minimum absolute atomic E-state index is 0.304. The highest BCUT2D eigenvalue weighted by molar-refractivity contribution is 5.94. The van der Waals surface area contributed by atoms with E-state index in [0.29, 0.717) is 0 Å². The zero-order valence-electron chi connectivity index (χ0n) is 11.5. The van der Waals surface area contributed by atoms with Gasteiger partial charge in [0.2, 0.25) is 5.78 Å². The van der Waals surface area contributed by atoms with Crippen LogP contribution in [0.5, 0.6) is 28.7 Å². The van der Waals surface area contributed by atoms with E-state index in [0.717, 1.165) is 30.3 Å². The predicted molar refractivity (Wildman–Crippen MR) is 74.0 cm³/mol. The van der Waals surface area contributed by atoms with Crippen LogP contribution in [-0.2, 0) is 10.6 Å². The van der Waals surface area contributed by atoms with Gasteiger partial charge in [0, 0.05) is 23.8 Å². The minimum Gasteiger partial charge on any atom is -0.508 e. The van der Waals surface area contributed by atoms with Crippen molar-refractivity contribution in [1.29, 1.82) is 0 Å². The Morgan fingerprint density at radius 2 is 1.48 bits per heavy atom. The number of fused-ring (bicyclic) bond motifs is 1. The molecule has 0 radical (unpaired) electrons. The fourth-order valence-corrected chi connectivity index (χ4v) is 2.47. The Kier molecular flexibility index (Phi) is 3.10. The third-order valence-electron chi connectivity index (χ3n) is 3.51. The summed E-state index contributed by atoms with van der Waals surface area (Å²) >= 11 is 0. The number of Topliss-reactive ketones (excluding diaryl/α,β-unsaturated/α-hetero) is 1. The van der Waals surface area contributed by atoms with Crippen LogP contribution in [0.1, 0.15) is 17.2 Å². The quantitative estimate of drug-likeness (QED) is 0.441. The van der Waals surface area contributed by atoms with E-state index in [4.69, 9.17) is 4.74 Å². The maximum atomic E-state index is 12.3. The SMILES string of the molecule is O=C1C(O)c2c(O)cc(O)cc2O[C@]1(O)c1cc(O)cc(O)c1. The van der Waals surface area contributed by atoms with Crippen LogP contribution in [0, 0.1) is 0 Å². The summed E-state index contributed by atoms with van der Waals surface area (Å²) in [4.78, 5) is 12.3. The Bertz CT molecular complexity index is 795. The van der Waals surface area contributed by atoms with E-state index in [1.807, 2.05) is 0 Å². The van der Waals surface area contributed by atoms with Crippen molar-refractivity contribution >= 4 is 5.78 Å². The van der Waals surface area contributed by atoms with Crippen LogP contribution in [0.25, 0.3) is 0 Å². The molecular weight excluding hydrogens is 308 g/mol. The fraction of sp³-hybridized carbons (Fsp3) is 0.133. The highest BCUT2D eigenvalue weighted by atomic mass is 16.6. The average molecular weight is 320 g/mol. The average Bonchev–Trinajstić information content (AvgIpc) is 2.43. The number of aromatic hydroxyl groups is 4. The van der Waals surface area contributed by atoms with Crippen LogP contribution >= 0.6 is 0 Å². The molecule has 6 N–H and O–H groups in total. The molecule has 2 aromatic carbocycles. The summed E-state index contributed by atoms with van der Waals surface area (Å²) in [6, 6.07) is 4.82. The van der Waals surface area contributed by atoms with Crippen molar-refractivity contribution in [2.75, 3.05) is 0 Å². The number of ether oxygens (including phenoxy) is 1. The Morgan fingerprint density at radius 1 is 0.913 bits per heavy atom. The number of phenolic OH excluding ortho intramolecular Hbond substituents is 4. The first-order chi connectivity index (χ1) is 10.7. The monoisotopic (exact) mass is 320 g/mol. The largest absolute Gasteiger partial charge is 0.508 e. The number of aliphatic hydroxyl groups excluding tert-OH is 1. The van der Waals surface area contributed by atoms with E-state index in [-0.39, 0.29) is 16.9 Å². The molecule has 0 aliphatic carbocycles. The maximum absolute atomic E-state index is 12.3. The molecule has 8 nitrogen and oxygen atoms in total. The number of carbonyl (C=O) groups excluding carboxylic acids is 1. The molecule has 1 aliphatic heterocycles. The number of hydrogen-bond donors (Lipinski definition) is 6. The first-order valence-corrected chi connectivity index (χ1v) is 6.45. The van der Waals surface area contributed by atoms with Gasteiger partial charge in [-0.15, -0.1) is 0 Å². The van der Waals surface area contributed by atoms with Crippen molar-refractivity contribution in [3.8, 4) is 28.7 Å². The van der Waals surface area contributed by atoms with Gasteiger partial charge in [0.1, 0.15) is 28.7 Å². The van der Waals surface area contributed by atoms with Gasteiger partial charge in [-0.05, 0) is 12.1 Å². The molecular formula is C15H12O8. The molecule has 0 saturated carbocycles. The zero-order chi connectivity index (χ0) is 16.9. The van der Waals surface area contributed by atoms with Crippen LogP contribution in [0.4, 0.5) is 0 Å². The lowest BCUT2D eigenvalue weighted by atomic mass is 9.90. The van der Waals surface area contributed by atoms with E-state index in [9.17, 15) is 35.4 Å². The number of hydrogen-bond acceptors (Lipinski definition) is 8. The van der Waals surface area contributed by atoms with Crippen LogP contribution in [-0.4, -0.2) is 36.4 Å². The summed E-state index contributed by atoms with van der Waals surface area (Å²) in [6.07, 6.45) is -1.94. The first-order valence-electron chi connectivity index (χ1n) is 6.45. The van der Waals surface area contributed by atoms with Gasteiger partial charge < -0.3 is 35.4 Å². The molecule has 1 heterocycles. The lowest BCUT2D eigenvalue weighted by Crippen LogP contribution is -2.47. The number of carbonyl (C=O) groups is 1. The van der Waals surface area contributed by atoms with Crippen LogP contribution in [0.15, 0.2) is 30.3 Å². The number of phenols is 4. The highest BCUT2D eigenvalue weighted by Gasteiger charge is 2.50. The second kappa shape index (κ2) is 4.77. The van der Waals surface area contributed by atoms with Gasteiger partial charge in [-0.25, -0.2) is 0 Å². The summed E-state index contributed by atoms with van der Waals surface area (Å²) in [6.45, 7) is 0. The summed E-state index contributed by atoms with van der Waals surface area (Å²) in [7, 11) is 0. The summed E-state index contributed by atoms with van der Waals surface area (Å²) in [5.74, 6) is -6.14.